The van der Waals surface area contributed by atoms with Gasteiger partial charge in [0, 0.05) is 29.8 Å². The Kier molecular flexibility index (Phi) is 4.57. The van der Waals surface area contributed by atoms with Crippen LogP contribution in [0.15, 0.2) is 83.7 Å². The molecule has 2 atom stereocenters. The highest BCUT2D eigenvalue weighted by molar-refractivity contribution is 7.80. The Morgan fingerprint density at radius 2 is 1.97 bits per heavy atom. The van der Waals surface area contributed by atoms with Gasteiger partial charge in [0.25, 0.3) is 0 Å². The smallest absolute Gasteiger partial charge is 0.231 e. The first-order chi connectivity index (χ1) is 15.8. The van der Waals surface area contributed by atoms with Gasteiger partial charge in [0.05, 0.1) is 24.5 Å². The molecule has 0 saturated carbocycles. The molecule has 1 fully saturated rings. The van der Waals surface area contributed by atoms with E-state index < -0.39 is 0 Å². The Morgan fingerprint density at radius 3 is 2.81 bits per heavy atom. The zero-order valence-corrected chi connectivity index (χ0v) is 17.9. The molecule has 3 aromatic heterocycles. The van der Waals surface area contributed by atoms with Gasteiger partial charge in [-0.05, 0) is 60.7 Å². The van der Waals surface area contributed by atoms with Crippen LogP contribution in [0, 0.1) is 0 Å². The van der Waals surface area contributed by atoms with Gasteiger partial charge in [-0.3, -0.25) is 4.98 Å². The van der Waals surface area contributed by atoms with Crippen LogP contribution in [0.1, 0.15) is 29.2 Å². The van der Waals surface area contributed by atoms with Crippen molar-refractivity contribution in [2.24, 2.45) is 0 Å². The number of pyridine rings is 1. The largest absolute Gasteiger partial charge is 0.467 e. The Labute approximate surface area is 190 Å². The summed E-state index contributed by atoms with van der Waals surface area (Å²) in [7, 11) is 0. The fourth-order valence-electron chi connectivity index (χ4n) is 4.38. The predicted molar refractivity (Wildman–Crippen MR) is 123 cm³/mol. The van der Waals surface area contributed by atoms with E-state index in [1.54, 1.807) is 6.26 Å². The van der Waals surface area contributed by atoms with Crippen LogP contribution in [-0.2, 0) is 6.54 Å². The summed E-state index contributed by atoms with van der Waals surface area (Å²) in [4.78, 5) is 6.75. The van der Waals surface area contributed by atoms with Crippen LogP contribution < -0.4 is 19.7 Å². The molecule has 0 spiro atoms. The van der Waals surface area contributed by atoms with Crippen molar-refractivity contribution in [1.82, 2.24) is 14.9 Å². The van der Waals surface area contributed by atoms with E-state index in [-0.39, 0.29) is 18.9 Å². The van der Waals surface area contributed by atoms with Crippen LogP contribution in [0.4, 0.5) is 5.69 Å². The lowest BCUT2D eigenvalue weighted by atomic mass is 10.0. The van der Waals surface area contributed by atoms with Crippen molar-refractivity contribution in [2.45, 2.75) is 18.6 Å². The molecule has 1 saturated heterocycles. The van der Waals surface area contributed by atoms with Crippen molar-refractivity contribution in [3.05, 3.63) is 96.5 Å². The Balaban J connectivity index is 1.46. The van der Waals surface area contributed by atoms with Crippen molar-refractivity contribution in [2.75, 3.05) is 11.7 Å². The molecule has 0 bridgehead atoms. The first-order valence-corrected chi connectivity index (χ1v) is 10.8. The van der Waals surface area contributed by atoms with Crippen molar-refractivity contribution in [3.8, 4) is 11.5 Å². The molecule has 6 rings (SSSR count). The highest BCUT2D eigenvalue weighted by atomic mass is 32.1. The lowest BCUT2D eigenvalue weighted by Gasteiger charge is -2.29. The second-order valence-electron chi connectivity index (χ2n) is 7.67. The molecule has 2 aliphatic rings. The summed E-state index contributed by atoms with van der Waals surface area (Å²) < 4.78 is 18.9. The van der Waals surface area contributed by atoms with Crippen LogP contribution in [0.2, 0.25) is 0 Å². The molecule has 5 heterocycles. The third-order valence-corrected chi connectivity index (χ3v) is 6.12. The fraction of sp³-hybridized carbons (Fsp3) is 0.167. The normalized spacial score (nSPS) is 19.4. The zero-order chi connectivity index (χ0) is 21.5. The van der Waals surface area contributed by atoms with E-state index in [1.807, 2.05) is 60.8 Å². The number of anilines is 1. The van der Waals surface area contributed by atoms with E-state index in [1.165, 1.54) is 0 Å². The molecule has 0 amide bonds. The number of rotatable bonds is 5. The summed E-state index contributed by atoms with van der Waals surface area (Å²) in [6.45, 7) is 0.857. The monoisotopic (exact) mass is 444 g/mol. The zero-order valence-electron chi connectivity index (χ0n) is 17.0. The first-order valence-electron chi connectivity index (χ1n) is 10.4. The highest BCUT2D eigenvalue weighted by Gasteiger charge is 2.42. The van der Waals surface area contributed by atoms with Crippen LogP contribution in [0.25, 0.3) is 0 Å². The molecular formula is C24H20N4O3S. The molecule has 2 unspecified atom stereocenters. The number of nitrogens with zero attached hydrogens (tertiary/aromatic N) is 3. The number of nitrogens with one attached hydrogen (secondary N) is 1. The summed E-state index contributed by atoms with van der Waals surface area (Å²) in [5.41, 5.74) is 2.96. The molecule has 160 valence electrons. The first kappa shape index (κ1) is 18.9. The Hall–Kier alpha value is -3.78. The molecular weight excluding hydrogens is 424 g/mol. The Morgan fingerprint density at radius 1 is 1.03 bits per heavy atom. The molecule has 32 heavy (non-hydrogen) atoms. The third-order valence-electron chi connectivity index (χ3n) is 5.81. The number of aromatic nitrogens is 2. The van der Waals surface area contributed by atoms with Crippen LogP contribution in [0.5, 0.6) is 11.5 Å². The minimum atomic E-state index is -0.126. The molecule has 1 N–H and O–H groups in total. The number of furan rings is 1. The van der Waals surface area contributed by atoms with E-state index in [2.05, 4.69) is 32.0 Å². The van der Waals surface area contributed by atoms with Gasteiger partial charge in [0.2, 0.25) is 6.79 Å². The fourth-order valence-corrected chi connectivity index (χ4v) is 4.72. The van der Waals surface area contributed by atoms with Gasteiger partial charge in [-0.1, -0.05) is 6.07 Å². The average Bonchev–Trinajstić information content (AvgIpc) is 3.61. The summed E-state index contributed by atoms with van der Waals surface area (Å²) in [5.74, 6) is 2.35. The number of fused-ring (bicyclic) bond motifs is 1. The second kappa shape index (κ2) is 7.72. The standard InChI is InChI=1S/C24H20N4O3S/c32-24-26-22(18-6-1-2-10-25-18)23(19-7-3-11-27(19)14-17-5-4-12-29-17)28(24)16-8-9-20-21(13-16)31-15-30-20/h1-13,22-23H,14-15H2,(H,26,32). The van der Waals surface area contributed by atoms with Gasteiger partial charge in [-0.2, -0.15) is 0 Å². The van der Waals surface area contributed by atoms with Crippen molar-refractivity contribution < 1.29 is 13.9 Å². The van der Waals surface area contributed by atoms with Gasteiger partial charge in [-0.15, -0.1) is 0 Å². The molecule has 0 radical (unpaired) electrons. The highest BCUT2D eigenvalue weighted by Crippen LogP contribution is 2.44. The quantitative estimate of drug-likeness (QED) is 0.457. The summed E-state index contributed by atoms with van der Waals surface area (Å²) >= 11 is 5.82. The lowest BCUT2D eigenvalue weighted by Crippen LogP contribution is -2.30. The van der Waals surface area contributed by atoms with Crippen molar-refractivity contribution in [1.29, 1.82) is 0 Å². The number of thiocarbonyl (C=S) groups is 1. The van der Waals surface area contributed by atoms with E-state index in [4.69, 9.17) is 26.1 Å². The van der Waals surface area contributed by atoms with Crippen molar-refractivity contribution >= 4 is 23.0 Å². The second-order valence-corrected chi connectivity index (χ2v) is 8.06. The molecule has 8 heteroatoms. The maximum Gasteiger partial charge on any atom is 0.231 e. The van der Waals surface area contributed by atoms with Crippen LogP contribution in [-0.4, -0.2) is 21.5 Å². The molecule has 1 aromatic carbocycles. The number of hydrogen-bond donors (Lipinski definition) is 1. The number of hydrogen-bond acceptors (Lipinski definition) is 5. The summed E-state index contributed by atoms with van der Waals surface area (Å²) in [5, 5.41) is 4.13. The lowest BCUT2D eigenvalue weighted by molar-refractivity contribution is 0.174. The minimum Gasteiger partial charge on any atom is -0.467 e. The topological polar surface area (TPSA) is 64.7 Å². The summed E-state index contributed by atoms with van der Waals surface area (Å²) in [6.07, 6.45) is 5.56. The maximum atomic E-state index is 5.82. The maximum absolute atomic E-state index is 5.82. The Bertz CT molecular complexity index is 1260. The van der Waals surface area contributed by atoms with Gasteiger partial charge < -0.3 is 28.7 Å². The molecule has 0 aliphatic carbocycles. The van der Waals surface area contributed by atoms with Gasteiger partial charge >= 0.3 is 0 Å². The van der Waals surface area contributed by atoms with E-state index in [0.29, 0.717) is 11.7 Å². The van der Waals surface area contributed by atoms with Gasteiger partial charge in [-0.25, -0.2) is 0 Å². The van der Waals surface area contributed by atoms with E-state index in [9.17, 15) is 0 Å². The van der Waals surface area contributed by atoms with Gasteiger partial charge in [0.15, 0.2) is 16.6 Å². The number of benzene rings is 1. The SMILES string of the molecule is S=C1NC(c2ccccn2)C(c2cccn2Cc2ccco2)N1c1ccc2c(c1)OCO2. The minimum absolute atomic E-state index is 0.122. The number of ether oxygens (including phenoxy) is 2. The molecule has 7 nitrogen and oxygen atoms in total. The van der Waals surface area contributed by atoms with E-state index >= 15 is 0 Å². The molecule has 2 aliphatic heterocycles. The van der Waals surface area contributed by atoms with Crippen LogP contribution in [0.3, 0.4) is 0 Å². The summed E-state index contributed by atoms with van der Waals surface area (Å²) in [6, 6.07) is 19.7. The van der Waals surface area contributed by atoms with Gasteiger partial charge in [0.1, 0.15) is 11.8 Å². The van der Waals surface area contributed by atoms with Crippen LogP contribution >= 0.6 is 12.2 Å². The predicted octanol–water partition coefficient (Wildman–Crippen LogP) is 4.43. The third kappa shape index (κ3) is 3.20. The van der Waals surface area contributed by atoms with E-state index in [0.717, 1.165) is 34.3 Å². The average molecular weight is 445 g/mol. The van der Waals surface area contributed by atoms with Crippen molar-refractivity contribution in [3.63, 3.8) is 0 Å². The molecule has 4 aromatic rings.